The van der Waals surface area contributed by atoms with Crippen LogP contribution in [0.2, 0.25) is 0 Å². The molecule has 0 unspecified atom stereocenters. The van der Waals surface area contributed by atoms with Gasteiger partial charge < -0.3 is 9.47 Å². The maximum absolute atomic E-state index is 12.7. The van der Waals surface area contributed by atoms with E-state index in [0.29, 0.717) is 13.2 Å². The van der Waals surface area contributed by atoms with E-state index in [4.69, 9.17) is 9.47 Å². The van der Waals surface area contributed by atoms with Crippen molar-refractivity contribution in [3.63, 3.8) is 0 Å². The van der Waals surface area contributed by atoms with Crippen LogP contribution in [0, 0.1) is 0 Å². The third kappa shape index (κ3) is 4.28. The van der Waals surface area contributed by atoms with Crippen molar-refractivity contribution in [1.82, 2.24) is 14.9 Å². The molecule has 1 aromatic heterocycles. The SMILES string of the molecule is CC(C)(C)OC[C@@]12CCCN1[C@H](COc1cc(C(F)(F)F)ncn1)CC2. The minimum atomic E-state index is -4.50. The molecule has 5 nitrogen and oxygen atoms in total. The molecule has 0 radical (unpaired) electrons. The lowest BCUT2D eigenvalue weighted by atomic mass is 9.95. The van der Waals surface area contributed by atoms with Crippen molar-refractivity contribution in [3.8, 4) is 5.88 Å². The highest BCUT2D eigenvalue weighted by atomic mass is 19.4. The number of nitrogens with zero attached hydrogens (tertiary/aromatic N) is 3. The molecule has 0 aliphatic carbocycles. The molecule has 1 aromatic rings. The van der Waals surface area contributed by atoms with Gasteiger partial charge in [-0.25, -0.2) is 9.97 Å². The standard InChI is InChI=1S/C18H26F3N3O2/c1-16(2,3)26-11-17-6-4-8-24(17)13(5-7-17)10-25-15-9-14(18(19,20)21)22-12-23-15/h9,12-13H,4-8,10-11H2,1-3H3/t13-,17-/m0/s1. The fourth-order valence-corrected chi connectivity index (χ4v) is 3.90. The first-order chi connectivity index (χ1) is 12.1. The average molecular weight is 373 g/mol. The lowest BCUT2D eigenvalue weighted by molar-refractivity contribution is -0.141. The minimum Gasteiger partial charge on any atom is -0.476 e. The highest BCUT2D eigenvalue weighted by Gasteiger charge is 2.49. The van der Waals surface area contributed by atoms with Crippen LogP contribution in [-0.4, -0.2) is 51.8 Å². The molecular weight excluding hydrogens is 347 g/mol. The highest BCUT2D eigenvalue weighted by molar-refractivity contribution is 5.16. The van der Waals surface area contributed by atoms with Crippen molar-refractivity contribution in [2.75, 3.05) is 19.8 Å². The van der Waals surface area contributed by atoms with E-state index < -0.39 is 11.9 Å². The molecule has 0 spiro atoms. The molecule has 3 rings (SSSR count). The lowest BCUT2D eigenvalue weighted by Crippen LogP contribution is -2.48. The van der Waals surface area contributed by atoms with Gasteiger partial charge in [0.25, 0.3) is 0 Å². The summed E-state index contributed by atoms with van der Waals surface area (Å²) in [6.07, 6.45) is 0.563. The van der Waals surface area contributed by atoms with Crippen LogP contribution in [0.3, 0.4) is 0 Å². The molecule has 0 aromatic carbocycles. The van der Waals surface area contributed by atoms with Crippen LogP contribution < -0.4 is 4.74 Å². The van der Waals surface area contributed by atoms with E-state index in [1.165, 1.54) is 0 Å². The Morgan fingerprint density at radius 1 is 1.23 bits per heavy atom. The largest absolute Gasteiger partial charge is 0.476 e. The third-order valence-electron chi connectivity index (χ3n) is 5.16. The predicted molar refractivity (Wildman–Crippen MR) is 89.9 cm³/mol. The molecule has 0 N–H and O–H groups in total. The number of fused-ring (bicyclic) bond motifs is 1. The van der Waals surface area contributed by atoms with Gasteiger partial charge in [-0.15, -0.1) is 0 Å². The Labute approximate surface area is 151 Å². The maximum atomic E-state index is 12.7. The van der Waals surface area contributed by atoms with E-state index in [-0.39, 0.29) is 23.1 Å². The molecule has 2 atom stereocenters. The van der Waals surface area contributed by atoms with E-state index >= 15 is 0 Å². The number of alkyl halides is 3. The van der Waals surface area contributed by atoms with Crippen LogP contribution in [-0.2, 0) is 10.9 Å². The molecule has 146 valence electrons. The molecule has 2 aliphatic rings. The summed E-state index contributed by atoms with van der Waals surface area (Å²) in [5.74, 6) is -0.0324. The molecule has 8 heteroatoms. The summed E-state index contributed by atoms with van der Waals surface area (Å²) in [7, 11) is 0. The smallest absolute Gasteiger partial charge is 0.433 e. The van der Waals surface area contributed by atoms with Gasteiger partial charge in [-0.05, 0) is 53.0 Å². The average Bonchev–Trinajstić information content (AvgIpc) is 3.09. The number of hydrogen-bond donors (Lipinski definition) is 0. The van der Waals surface area contributed by atoms with Crippen molar-refractivity contribution in [3.05, 3.63) is 18.1 Å². The summed E-state index contributed by atoms with van der Waals surface area (Å²) in [6.45, 7) is 8.12. The van der Waals surface area contributed by atoms with Gasteiger partial charge in [-0.1, -0.05) is 0 Å². The van der Waals surface area contributed by atoms with Crippen LogP contribution >= 0.6 is 0 Å². The van der Waals surface area contributed by atoms with Gasteiger partial charge in [0.1, 0.15) is 12.9 Å². The molecule has 0 saturated carbocycles. The Kier molecular flexibility index (Phi) is 5.18. The summed E-state index contributed by atoms with van der Waals surface area (Å²) in [5.41, 5.74) is -1.14. The van der Waals surface area contributed by atoms with Crippen molar-refractivity contribution < 1.29 is 22.6 Å². The van der Waals surface area contributed by atoms with Gasteiger partial charge in [-0.3, -0.25) is 4.90 Å². The number of ether oxygens (including phenoxy) is 2. The Balaban J connectivity index is 1.61. The topological polar surface area (TPSA) is 47.5 Å². The quantitative estimate of drug-likeness (QED) is 0.788. The van der Waals surface area contributed by atoms with E-state index in [1.807, 2.05) is 20.8 Å². The number of hydrogen-bond acceptors (Lipinski definition) is 5. The van der Waals surface area contributed by atoms with E-state index in [2.05, 4.69) is 14.9 Å². The third-order valence-corrected chi connectivity index (χ3v) is 5.16. The Hall–Kier alpha value is -1.41. The van der Waals surface area contributed by atoms with Crippen LogP contribution in [0.4, 0.5) is 13.2 Å². The lowest BCUT2D eigenvalue weighted by Gasteiger charge is -2.37. The molecule has 0 bridgehead atoms. The summed E-state index contributed by atoms with van der Waals surface area (Å²) in [5, 5.41) is 0. The first-order valence-electron chi connectivity index (χ1n) is 9.02. The molecule has 2 saturated heterocycles. The molecule has 0 amide bonds. The fourth-order valence-electron chi connectivity index (χ4n) is 3.90. The van der Waals surface area contributed by atoms with Gasteiger partial charge >= 0.3 is 6.18 Å². The Bertz CT molecular complexity index is 633. The Morgan fingerprint density at radius 2 is 2.00 bits per heavy atom. The zero-order valence-corrected chi connectivity index (χ0v) is 15.5. The predicted octanol–water partition coefficient (Wildman–Crippen LogP) is 3.69. The van der Waals surface area contributed by atoms with Gasteiger partial charge in [0.15, 0.2) is 5.69 Å². The summed E-state index contributed by atoms with van der Waals surface area (Å²) in [6, 6.07) is 1.03. The maximum Gasteiger partial charge on any atom is 0.433 e. The molecular formula is C18H26F3N3O2. The second-order valence-electron chi connectivity index (χ2n) is 8.17. The number of rotatable bonds is 5. The summed E-state index contributed by atoms with van der Waals surface area (Å²) >= 11 is 0. The van der Waals surface area contributed by atoms with Crippen molar-refractivity contribution in [2.24, 2.45) is 0 Å². The minimum absolute atomic E-state index is 0.0319. The molecule has 3 heterocycles. The van der Waals surface area contributed by atoms with Crippen molar-refractivity contribution >= 4 is 0 Å². The van der Waals surface area contributed by atoms with E-state index in [0.717, 1.165) is 44.6 Å². The summed E-state index contributed by atoms with van der Waals surface area (Å²) < 4.78 is 49.9. The first-order valence-corrected chi connectivity index (χ1v) is 9.02. The molecule has 2 fully saturated rings. The van der Waals surface area contributed by atoms with Gasteiger partial charge in [0, 0.05) is 17.6 Å². The van der Waals surface area contributed by atoms with Crippen LogP contribution in [0.1, 0.15) is 52.1 Å². The normalized spacial score (nSPS) is 26.9. The van der Waals surface area contributed by atoms with Crippen molar-refractivity contribution in [1.29, 1.82) is 0 Å². The zero-order valence-electron chi connectivity index (χ0n) is 15.5. The fraction of sp³-hybridized carbons (Fsp3) is 0.778. The molecule has 26 heavy (non-hydrogen) atoms. The van der Waals surface area contributed by atoms with E-state index in [1.54, 1.807) is 0 Å². The number of aromatic nitrogens is 2. The highest BCUT2D eigenvalue weighted by Crippen LogP contribution is 2.43. The van der Waals surface area contributed by atoms with E-state index in [9.17, 15) is 13.2 Å². The van der Waals surface area contributed by atoms with Crippen LogP contribution in [0.5, 0.6) is 5.88 Å². The van der Waals surface area contributed by atoms with Crippen LogP contribution in [0.25, 0.3) is 0 Å². The Morgan fingerprint density at radius 3 is 2.69 bits per heavy atom. The monoisotopic (exact) mass is 373 g/mol. The molecule has 2 aliphatic heterocycles. The summed E-state index contributed by atoms with van der Waals surface area (Å²) in [4.78, 5) is 9.49. The zero-order chi connectivity index (χ0) is 19.0. The first kappa shape index (κ1) is 19.4. The number of halogens is 3. The van der Waals surface area contributed by atoms with Crippen LogP contribution in [0.15, 0.2) is 12.4 Å². The van der Waals surface area contributed by atoms with Gasteiger partial charge in [0.2, 0.25) is 5.88 Å². The van der Waals surface area contributed by atoms with Gasteiger partial charge in [0.05, 0.1) is 12.2 Å². The second kappa shape index (κ2) is 6.96. The van der Waals surface area contributed by atoms with Gasteiger partial charge in [-0.2, -0.15) is 13.2 Å². The van der Waals surface area contributed by atoms with Crippen molar-refractivity contribution in [2.45, 2.75) is 69.8 Å². The second-order valence-corrected chi connectivity index (χ2v) is 8.17.